The molecular formula is C27H28Cl2N4O3. The van der Waals surface area contributed by atoms with Crippen molar-refractivity contribution in [1.29, 1.82) is 0 Å². The van der Waals surface area contributed by atoms with E-state index in [1.807, 2.05) is 73.6 Å². The van der Waals surface area contributed by atoms with Gasteiger partial charge in [-0.25, -0.2) is 5.43 Å². The van der Waals surface area contributed by atoms with Gasteiger partial charge in [0.1, 0.15) is 11.8 Å². The summed E-state index contributed by atoms with van der Waals surface area (Å²) >= 11 is 12.1. The topological polar surface area (TPSA) is 83.0 Å². The third kappa shape index (κ3) is 8.00. The number of halogens is 2. The minimum Gasteiger partial charge on any atom is -0.479 e. The number of anilines is 1. The van der Waals surface area contributed by atoms with Gasteiger partial charge in [0.2, 0.25) is 0 Å². The third-order valence-electron chi connectivity index (χ3n) is 5.28. The Morgan fingerprint density at radius 3 is 2.33 bits per heavy atom. The number of carbonyl (C=O) groups is 2. The fourth-order valence-corrected chi connectivity index (χ4v) is 3.72. The summed E-state index contributed by atoms with van der Waals surface area (Å²) in [5.41, 5.74) is 5.29. The fourth-order valence-electron chi connectivity index (χ4n) is 3.27. The lowest BCUT2D eigenvalue weighted by atomic mass is 10.1. The molecule has 0 fully saturated rings. The maximum Gasteiger partial charge on any atom is 0.262 e. The summed E-state index contributed by atoms with van der Waals surface area (Å²) in [5.74, 6) is -0.608. The van der Waals surface area contributed by atoms with Crippen molar-refractivity contribution in [3.63, 3.8) is 0 Å². The van der Waals surface area contributed by atoms with Gasteiger partial charge in [0.05, 0.1) is 11.2 Å². The van der Waals surface area contributed by atoms with E-state index >= 15 is 0 Å². The Bertz CT molecular complexity index is 1200. The van der Waals surface area contributed by atoms with Crippen LogP contribution in [0, 0.1) is 0 Å². The number of nitrogens with one attached hydrogen (secondary N) is 2. The van der Waals surface area contributed by atoms with Crippen LogP contribution in [0.15, 0.2) is 77.9 Å². The summed E-state index contributed by atoms with van der Waals surface area (Å²) in [6.07, 6.45) is 0.917. The van der Waals surface area contributed by atoms with Gasteiger partial charge in [-0.3, -0.25) is 9.59 Å². The summed E-state index contributed by atoms with van der Waals surface area (Å²) in [7, 11) is 3.92. The minimum atomic E-state index is -0.909. The van der Waals surface area contributed by atoms with Crippen LogP contribution >= 0.6 is 23.2 Å². The molecule has 36 heavy (non-hydrogen) atoms. The van der Waals surface area contributed by atoms with E-state index in [0.29, 0.717) is 10.8 Å². The zero-order valence-corrected chi connectivity index (χ0v) is 21.8. The summed E-state index contributed by atoms with van der Waals surface area (Å²) in [6, 6.07) is 21.0. The van der Waals surface area contributed by atoms with Crippen molar-refractivity contribution >= 4 is 46.9 Å². The van der Waals surface area contributed by atoms with Gasteiger partial charge in [-0.1, -0.05) is 65.7 Å². The maximum atomic E-state index is 13.0. The molecule has 3 aromatic rings. The quantitative estimate of drug-likeness (QED) is 0.296. The maximum absolute atomic E-state index is 13.0. The van der Waals surface area contributed by atoms with Crippen LogP contribution in [0.4, 0.5) is 5.69 Å². The van der Waals surface area contributed by atoms with Crippen molar-refractivity contribution < 1.29 is 14.3 Å². The molecule has 0 unspecified atom stereocenters. The van der Waals surface area contributed by atoms with Crippen LogP contribution in [0.5, 0.6) is 5.75 Å². The average molecular weight is 527 g/mol. The monoisotopic (exact) mass is 526 g/mol. The number of carbonyl (C=O) groups excluding carboxylic acids is 2. The van der Waals surface area contributed by atoms with E-state index < -0.39 is 24.0 Å². The van der Waals surface area contributed by atoms with Gasteiger partial charge in [-0.05, 0) is 48.4 Å². The fraction of sp³-hybridized carbons (Fsp3) is 0.222. The molecule has 188 valence electrons. The molecule has 0 aliphatic heterocycles. The van der Waals surface area contributed by atoms with E-state index in [-0.39, 0.29) is 11.4 Å². The van der Waals surface area contributed by atoms with Crippen LogP contribution < -0.4 is 20.4 Å². The van der Waals surface area contributed by atoms with E-state index in [9.17, 15) is 9.59 Å². The molecule has 0 bridgehead atoms. The van der Waals surface area contributed by atoms with Gasteiger partial charge >= 0.3 is 0 Å². The first-order valence-corrected chi connectivity index (χ1v) is 12.0. The van der Waals surface area contributed by atoms with Crippen LogP contribution in [-0.4, -0.2) is 44.3 Å². The first-order valence-electron chi connectivity index (χ1n) is 11.3. The lowest BCUT2D eigenvalue weighted by Crippen LogP contribution is -2.50. The number of hydrazone groups is 1. The zero-order valence-electron chi connectivity index (χ0n) is 20.2. The second-order valence-corrected chi connectivity index (χ2v) is 9.15. The largest absolute Gasteiger partial charge is 0.479 e. The predicted octanol–water partition coefficient (Wildman–Crippen LogP) is 4.70. The van der Waals surface area contributed by atoms with E-state index in [4.69, 9.17) is 27.9 Å². The molecule has 0 saturated carbocycles. The van der Waals surface area contributed by atoms with E-state index in [1.54, 1.807) is 25.3 Å². The molecule has 7 nitrogen and oxygen atoms in total. The van der Waals surface area contributed by atoms with Gasteiger partial charge < -0.3 is 15.0 Å². The van der Waals surface area contributed by atoms with Gasteiger partial charge in [0, 0.05) is 31.2 Å². The number of hydrogen-bond donors (Lipinski definition) is 2. The standard InChI is InChI=1S/C27H28Cl2N4O3/c1-18(36-25-14-11-21(28)16-23(25)29)26(34)31-24(15-19-7-5-4-6-8-19)27(35)32-30-17-20-9-12-22(13-10-20)33(2)3/h4-14,16-18,24H,15H2,1-3H3,(H,31,34)(H,32,35)/b30-17-/t18-,24+/m0/s1. The number of nitrogens with zero attached hydrogens (tertiary/aromatic N) is 2. The Hall–Kier alpha value is -3.55. The summed E-state index contributed by atoms with van der Waals surface area (Å²) < 4.78 is 5.69. The Kier molecular flexibility index (Phi) is 9.73. The Labute approximate surface area is 221 Å². The van der Waals surface area contributed by atoms with Gasteiger partial charge in [-0.15, -0.1) is 0 Å². The van der Waals surface area contributed by atoms with Gasteiger partial charge in [-0.2, -0.15) is 5.10 Å². The molecule has 0 saturated heterocycles. The van der Waals surface area contributed by atoms with Crippen molar-refractivity contribution in [2.24, 2.45) is 5.10 Å². The molecule has 0 heterocycles. The zero-order chi connectivity index (χ0) is 26.1. The highest BCUT2D eigenvalue weighted by molar-refractivity contribution is 6.35. The van der Waals surface area contributed by atoms with Crippen molar-refractivity contribution in [3.8, 4) is 5.75 Å². The number of hydrogen-bond acceptors (Lipinski definition) is 5. The number of benzene rings is 3. The lowest BCUT2D eigenvalue weighted by Gasteiger charge is -2.21. The molecule has 2 N–H and O–H groups in total. The van der Waals surface area contributed by atoms with E-state index in [0.717, 1.165) is 16.8 Å². The number of rotatable bonds is 10. The predicted molar refractivity (Wildman–Crippen MR) is 145 cm³/mol. The lowest BCUT2D eigenvalue weighted by molar-refractivity contribution is -0.132. The summed E-state index contributed by atoms with van der Waals surface area (Å²) in [5, 5.41) is 7.57. The van der Waals surface area contributed by atoms with Gasteiger partial charge in [0.25, 0.3) is 11.8 Å². The highest BCUT2D eigenvalue weighted by atomic mass is 35.5. The summed E-state index contributed by atoms with van der Waals surface area (Å²) in [4.78, 5) is 27.8. The smallest absolute Gasteiger partial charge is 0.262 e. The van der Waals surface area contributed by atoms with E-state index in [1.165, 1.54) is 6.07 Å². The molecule has 0 aromatic heterocycles. The molecule has 0 aliphatic rings. The molecule has 2 atom stereocenters. The second-order valence-electron chi connectivity index (χ2n) is 8.31. The first kappa shape index (κ1) is 27.0. The molecule has 0 aliphatic carbocycles. The van der Waals surface area contributed by atoms with E-state index in [2.05, 4.69) is 15.8 Å². The van der Waals surface area contributed by atoms with Crippen LogP contribution in [0.25, 0.3) is 0 Å². The van der Waals surface area contributed by atoms with Crippen molar-refractivity contribution in [3.05, 3.63) is 94.0 Å². The SMILES string of the molecule is C[C@H](Oc1ccc(Cl)cc1Cl)C(=O)N[C@H](Cc1ccccc1)C(=O)N/N=C\c1ccc(N(C)C)cc1. The third-order valence-corrected chi connectivity index (χ3v) is 5.81. The molecule has 2 amide bonds. The second kappa shape index (κ2) is 13.0. The van der Waals surface area contributed by atoms with Crippen molar-refractivity contribution in [2.75, 3.05) is 19.0 Å². The molecule has 3 rings (SSSR count). The Morgan fingerprint density at radius 2 is 1.69 bits per heavy atom. The Morgan fingerprint density at radius 1 is 1.00 bits per heavy atom. The molecular weight excluding hydrogens is 499 g/mol. The number of ether oxygens (including phenoxy) is 1. The Balaban J connectivity index is 1.67. The highest BCUT2D eigenvalue weighted by Crippen LogP contribution is 2.28. The summed E-state index contributed by atoms with van der Waals surface area (Å²) in [6.45, 7) is 1.58. The van der Waals surface area contributed by atoms with Crippen LogP contribution in [0.1, 0.15) is 18.1 Å². The first-order chi connectivity index (χ1) is 17.2. The molecule has 3 aromatic carbocycles. The normalized spacial score (nSPS) is 12.6. The van der Waals surface area contributed by atoms with Crippen LogP contribution in [-0.2, 0) is 16.0 Å². The molecule has 0 spiro atoms. The molecule has 0 radical (unpaired) electrons. The number of amides is 2. The highest BCUT2D eigenvalue weighted by Gasteiger charge is 2.25. The van der Waals surface area contributed by atoms with Crippen LogP contribution in [0.3, 0.4) is 0 Å². The minimum absolute atomic E-state index is 0.278. The average Bonchev–Trinajstić information content (AvgIpc) is 2.86. The van der Waals surface area contributed by atoms with Crippen LogP contribution in [0.2, 0.25) is 10.0 Å². The molecule has 9 heteroatoms. The van der Waals surface area contributed by atoms with Crippen molar-refractivity contribution in [1.82, 2.24) is 10.7 Å². The van der Waals surface area contributed by atoms with Crippen molar-refractivity contribution in [2.45, 2.75) is 25.5 Å². The van der Waals surface area contributed by atoms with Gasteiger partial charge in [0.15, 0.2) is 6.10 Å².